The summed E-state index contributed by atoms with van der Waals surface area (Å²) in [6.07, 6.45) is 4.61. The number of aliphatic hydroxyl groups is 1. The van der Waals surface area contributed by atoms with E-state index in [4.69, 9.17) is 14.2 Å². The zero-order chi connectivity index (χ0) is 18.4. The van der Waals surface area contributed by atoms with Gasteiger partial charge >= 0.3 is 11.9 Å². The van der Waals surface area contributed by atoms with Crippen molar-refractivity contribution in [3.8, 4) is 0 Å². The monoisotopic (exact) mass is 364 g/mol. The molecule has 6 heteroatoms. The van der Waals surface area contributed by atoms with Crippen LogP contribution in [-0.4, -0.2) is 47.6 Å². The summed E-state index contributed by atoms with van der Waals surface area (Å²) in [5.74, 6) is -0.504. The van der Waals surface area contributed by atoms with E-state index >= 15 is 0 Å². The Morgan fingerprint density at radius 1 is 1.04 bits per heavy atom. The summed E-state index contributed by atoms with van der Waals surface area (Å²) < 4.78 is 17.7. The van der Waals surface area contributed by atoms with Crippen molar-refractivity contribution in [1.29, 1.82) is 0 Å². The quantitative estimate of drug-likeness (QED) is 0.662. The third-order valence-corrected chi connectivity index (χ3v) is 8.54. The molecule has 1 N–H and O–H groups in total. The highest BCUT2D eigenvalue weighted by Gasteiger charge is 2.76. The maximum absolute atomic E-state index is 12.7. The van der Waals surface area contributed by atoms with E-state index in [0.717, 1.165) is 25.7 Å². The predicted octanol–water partition coefficient (Wildman–Crippen LogP) is 1.97. The first-order valence-electron chi connectivity index (χ1n) is 10.0. The van der Waals surface area contributed by atoms with Crippen molar-refractivity contribution < 1.29 is 28.9 Å². The Hall–Kier alpha value is -1.14. The molecule has 0 amide bonds. The molecule has 5 rings (SSSR count). The second-order valence-corrected chi connectivity index (χ2v) is 9.56. The maximum atomic E-state index is 12.7. The lowest BCUT2D eigenvalue weighted by atomic mass is 9.42. The minimum atomic E-state index is -0.842. The van der Waals surface area contributed by atoms with Crippen molar-refractivity contribution in [3.05, 3.63) is 0 Å². The largest absolute Gasteiger partial charge is 0.465 e. The van der Waals surface area contributed by atoms with Gasteiger partial charge in [0.05, 0.1) is 23.7 Å². The third kappa shape index (κ3) is 1.71. The molecule has 7 atom stereocenters. The van der Waals surface area contributed by atoms with Gasteiger partial charge in [0.25, 0.3) is 0 Å². The van der Waals surface area contributed by atoms with Crippen LogP contribution in [-0.2, 0) is 23.8 Å². The highest BCUT2D eigenvalue weighted by Crippen LogP contribution is 2.70. The van der Waals surface area contributed by atoms with Crippen molar-refractivity contribution >= 4 is 11.9 Å². The Labute approximate surface area is 153 Å². The Balaban J connectivity index is 1.64. The van der Waals surface area contributed by atoms with E-state index in [9.17, 15) is 14.7 Å². The van der Waals surface area contributed by atoms with Gasteiger partial charge in [0.2, 0.25) is 0 Å². The first-order valence-corrected chi connectivity index (χ1v) is 10.0. The van der Waals surface area contributed by atoms with Crippen LogP contribution in [0.1, 0.15) is 58.8 Å². The Kier molecular flexibility index (Phi) is 3.28. The lowest BCUT2D eigenvalue weighted by Crippen LogP contribution is -2.73. The molecule has 5 fully saturated rings. The predicted molar refractivity (Wildman–Crippen MR) is 90.0 cm³/mol. The first-order chi connectivity index (χ1) is 12.3. The zero-order valence-electron chi connectivity index (χ0n) is 15.6. The number of ether oxygens (including phenoxy) is 3. The van der Waals surface area contributed by atoms with Crippen LogP contribution in [0.4, 0.5) is 0 Å². The number of esters is 2. The van der Waals surface area contributed by atoms with E-state index in [0.29, 0.717) is 32.5 Å². The van der Waals surface area contributed by atoms with Crippen LogP contribution in [0.5, 0.6) is 0 Å². The van der Waals surface area contributed by atoms with Crippen molar-refractivity contribution in [2.24, 2.45) is 22.7 Å². The van der Waals surface area contributed by atoms with E-state index in [2.05, 4.69) is 6.92 Å². The molecule has 3 heterocycles. The summed E-state index contributed by atoms with van der Waals surface area (Å²) in [5, 5.41) is 11.1. The van der Waals surface area contributed by atoms with Gasteiger partial charge in [-0.2, -0.15) is 0 Å². The van der Waals surface area contributed by atoms with Gasteiger partial charge in [-0.15, -0.1) is 0 Å². The molecular weight excluding hydrogens is 336 g/mol. The first kappa shape index (κ1) is 17.0. The van der Waals surface area contributed by atoms with Gasteiger partial charge in [-0.1, -0.05) is 13.3 Å². The topological polar surface area (TPSA) is 82.1 Å². The molecule has 2 spiro atoms. The SMILES string of the molecule is CC1CC(O)C2C3(C)CCCC2(COC3=O)C12CCC1(CCOC1=O)O2. The van der Waals surface area contributed by atoms with Gasteiger partial charge in [0.1, 0.15) is 6.61 Å². The van der Waals surface area contributed by atoms with Gasteiger partial charge in [0, 0.05) is 17.8 Å². The second-order valence-electron chi connectivity index (χ2n) is 9.56. The fraction of sp³-hybridized carbons (Fsp3) is 0.900. The molecule has 5 aliphatic rings. The molecule has 0 aromatic heterocycles. The second kappa shape index (κ2) is 5.02. The van der Waals surface area contributed by atoms with Gasteiger partial charge < -0.3 is 19.3 Å². The minimum Gasteiger partial charge on any atom is -0.465 e. The minimum absolute atomic E-state index is 0.0978. The van der Waals surface area contributed by atoms with Gasteiger partial charge in [-0.05, 0) is 44.9 Å². The molecular formula is C20H28O6. The molecule has 26 heavy (non-hydrogen) atoms. The molecule has 2 saturated carbocycles. The Bertz CT molecular complexity index is 677. The number of carbonyl (C=O) groups is 2. The van der Waals surface area contributed by atoms with E-state index in [1.807, 2.05) is 6.92 Å². The average Bonchev–Trinajstić information content (AvgIpc) is 3.16. The van der Waals surface area contributed by atoms with Crippen molar-refractivity contribution in [2.75, 3.05) is 13.2 Å². The molecule has 2 bridgehead atoms. The number of cyclic esters (lactones) is 2. The molecule has 144 valence electrons. The van der Waals surface area contributed by atoms with Crippen LogP contribution in [0.15, 0.2) is 0 Å². The molecule has 3 aliphatic heterocycles. The Morgan fingerprint density at radius 3 is 2.58 bits per heavy atom. The summed E-state index contributed by atoms with van der Waals surface area (Å²) in [5.41, 5.74) is -2.47. The van der Waals surface area contributed by atoms with Crippen molar-refractivity contribution in [2.45, 2.75) is 76.1 Å². The van der Waals surface area contributed by atoms with Crippen molar-refractivity contribution in [3.63, 3.8) is 0 Å². The summed E-state index contributed by atoms with van der Waals surface area (Å²) in [6, 6.07) is 0. The standard InChI is InChI=1S/C20H28O6/c1-12-10-13(21)14-17(2)4-3-5-18(14,11-25-15(17)22)20(12)7-6-19(26-20)8-9-24-16(19)23/h12-14,21H,3-11H2,1-2H3. The van der Waals surface area contributed by atoms with E-state index in [-0.39, 0.29) is 23.8 Å². The number of carbonyl (C=O) groups excluding carboxylic acids is 2. The highest BCUT2D eigenvalue weighted by atomic mass is 16.6. The van der Waals surface area contributed by atoms with Crippen molar-refractivity contribution in [1.82, 2.24) is 0 Å². The van der Waals surface area contributed by atoms with Gasteiger partial charge in [-0.25, -0.2) is 4.79 Å². The summed E-state index contributed by atoms with van der Waals surface area (Å²) >= 11 is 0. The number of rotatable bonds is 0. The van der Waals surface area contributed by atoms with Gasteiger partial charge in [0.15, 0.2) is 5.60 Å². The van der Waals surface area contributed by atoms with Crippen LogP contribution in [0.3, 0.4) is 0 Å². The molecule has 2 aliphatic carbocycles. The molecule has 0 radical (unpaired) electrons. The fourth-order valence-electron chi connectivity index (χ4n) is 7.41. The summed E-state index contributed by atoms with van der Waals surface area (Å²) in [6.45, 7) is 4.78. The summed E-state index contributed by atoms with van der Waals surface area (Å²) in [7, 11) is 0. The lowest BCUT2D eigenvalue weighted by molar-refractivity contribution is -0.302. The Morgan fingerprint density at radius 2 is 1.85 bits per heavy atom. The molecule has 3 saturated heterocycles. The maximum Gasteiger partial charge on any atom is 0.338 e. The van der Waals surface area contributed by atoms with Crippen LogP contribution in [0.2, 0.25) is 0 Å². The van der Waals surface area contributed by atoms with Crippen LogP contribution >= 0.6 is 0 Å². The average molecular weight is 364 g/mol. The molecule has 0 aromatic carbocycles. The highest BCUT2D eigenvalue weighted by molar-refractivity contribution is 5.82. The van der Waals surface area contributed by atoms with Crippen LogP contribution in [0.25, 0.3) is 0 Å². The van der Waals surface area contributed by atoms with Gasteiger partial charge in [-0.3, -0.25) is 4.79 Å². The van der Waals surface area contributed by atoms with E-state index in [1.54, 1.807) is 0 Å². The molecule has 6 nitrogen and oxygen atoms in total. The smallest absolute Gasteiger partial charge is 0.338 e. The van der Waals surface area contributed by atoms with E-state index < -0.39 is 28.1 Å². The normalized spacial score (nSPS) is 55.7. The summed E-state index contributed by atoms with van der Waals surface area (Å²) in [4.78, 5) is 25.1. The number of hydrogen-bond donors (Lipinski definition) is 1. The van der Waals surface area contributed by atoms with Crippen LogP contribution < -0.4 is 0 Å². The fourth-order valence-corrected chi connectivity index (χ4v) is 7.41. The number of hydrogen-bond acceptors (Lipinski definition) is 6. The lowest BCUT2D eigenvalue weighted by Gasteiger charge is -2.67. The van der Waals surface area contributed by atoms with E-state index in [1.165, 1.54) is 0 Å². The molecule has 7 unspecified atom stereocenters. The zero-order valence-corrected chi connectivity index (χ0v) is 15.6. The van der Waals surface area contributed by atoms with Crippen LogP contribution in [0, 0.1) is 22.7 Å². The molecule has 0 aromatic rings. The number of aliphatic hydroxyl groups excluding tert-OH is 1. The third-order valence-electron chi connectivity index (χ3n) is 8.54.